The molecule has 0 aliphatic carbocycles. The average Bonchev–Trinajstić information content (AvgIpc) is 2.71. The van der Waals surface area contributed by atoms with Gasteiger partial charge in [0.1, 0.15) is 10.8 Å². The number of benzene rings is 2. The van der Waals surface area contributed by atoms with Crippen LogP contribution in [0.5, 0.6) is 5.75 Å². The first-order valence-electron chi connectivity index (χ1n) is 8.62. The number of hydrogen-bond donors (Lipinski definition) is 0. The van der Waals surface area contributed by atoms with Gasteiger partial charge in [-0.05, 0) is 36.2 Å². The summed E-state index contributed by atoms with van der Waals surface area (Å²) < 4.78 is 6.65. The molecule has 1 aliphatic rings. The quantitative estimate of drug-likeness (QED) is 0.594. The van der Waals surface area contributed by atoms with E-state index < -0.39 is 5.56 Å². The van der Waals surface area contributed by atoms with Gasteiger partial charge in [-0.1, -0.05) is 46.9 Å². The van der Waals surface area contributed by atoms with E-state index in [1.807, 2.05) is 18.2 Å². The van der Waals surface area contributed by atoms with Gasteiger partial charge >= 0.3 is 0 Å². The van der Waals surface area contributed by atoms with Crippen molar-refractivity contribution in [3.05, 3.63) is 79.1 Å². The summed E-state index contributed by atoms with van der Waals surface area (Å²) in [5.74, 6) is 0.920. The number of methoxy groups -OCH3 is 1. The maximum Gasteiger partial charge on any atom is 0.291 e. The zero-order chi connectivity index (χ0) is 19.8. The Hall–Kier alpha value is -2.21. The van der Waals surface area contributed by atoms with E-state index in [0.717, 1.165) is 30.9 Å². The van der Waals surface area contributed by atoms with Gasteiger partial charge in [-0.2, -0.15) is 9.78 Å². The van der Waals surface area contributed by atoms with Crippen LogP contribution in [0.2, 0.25) is 15.1 Å². The zero-order valence-corrected chi connectivity index (χ0v) is 17.2. The minimum atomic E-state index is -0.489. The van der Waals surface area contributed by atoms with Gasteiger partial charge in [0, 0.05) is 18.7 Å². The molecule has 4 rings (SSSR count). The van der Waals surface area contributed by atoms with E-state index in [-0.39, 0.29) is 10.0 Å². The van der Waals surface area contributed by atoms with Gasteiger partial charge in [-0.15, -0.1) is 0 Å². The molecule has 2 heterocycles. The first-order valence-corrected chi connectivity index (χ1v) is 9.76. The third-order valence-electron chi connectivity index (χ3n) is 4.84. The minimum Gasteiger partial charge on any atom is -0.496 e. The van der Waals surface area contributed by atoms with Crippen molar-refractivity contribution in [2.24, 2.45) is 0 Å². The highest BCUT2D eigenvalue weighted by atomic mass is 35.5. The van der Waals surface area contributed by atoms with Crippen molar-refractivity contribution in [2.75, 3.05) is 18.6 Å². The molecule has 0 spiro atoms. The predicted molar refractivity (Wildman–Crippen MR) is 113 cm³/mol. The Morgan fingerprint density at radius 1 is 1.11 bits per heavy atom. The number of halogens is 3. The highest BCUT2D eigenvalue weighted by Crippen LogP contribution is 2.34. The molecule has 28 heavy (non-hydrogen) atoms. The second-order valence-electron chi connectivity index (χ2n) is 6.43. The van der Waals surface area contributed by atoms with Gasteiger partial charge in [-0.3, -0.25) is 4.79 Å². The lowest BCUT2D eigenvalue weighted by Crippen LogP contribution is -2.31. The molecule has 1 aromatic heterocycles. The molecule has 0 bridgehead atoms. The maximum atomic E-state index is 12.3. The number of ether oxygens (including phenoxy) is 1. The summed E-state index contributed by atoms with van der Waals surface area (Å²) >= 11 is 18.3. The van der Waals surface area contributed by atoms with E-state index in [4.69, 9.17) is 39.5 Å². The molecule has 0 fully saturated rings. The Balaban J connectivity index is 1.66. The number of aromatic nitrogens is 2. The van der Waals surface area contributed by atoms with Crippen LogP contribution in [0.15, 0.2) is 47.4 Å². The topological polar surface area (TPSA) is 47.4 Å². The molecule has 0 radical (unpaired) electrons. The van der Waals surface area contributed by atoms with Gasteiger partial charge in [0.05, 0.1) is 34.7 Å². The standard InChI is InChI=1S/C20H16Cl3N3O2/c1-28-18-4-2-3-12-11-25(8-7-14(12)18)17-6-5-13(9-15(17)21)26-20(27)19(23)16(22)10-24-26/h2-6,9-10H,7-8,11H2,1H3. The number of rotatable bonds is 3. The first kappa shape index (κ1) is 19.1. The van der Waals surface area contributed by atoms with Gasteiger partial charge in [0.15, 0.2) is 0 Å². The summed E-state index contributed by atoms with van der Waals surface area (Å²) in [5.41, 5.74) is 3.38. The van der Waals surface area contributed by atoms with E-state index in [9.17, 15) is 4.79 Å². The van der Waals surface area contributed by atoms with Crippen molar-refractivity contribution in [1.29, 1.82) is 0 Å². The molecule has 0 saturated heterocycles. The third kappa shape index (κ3) is 3.34. The van der Waals surface area contributed by atoms with Crippen LogP contribution in [-0.4, -0.2) is 23.4 Å². The summed E-state index contributed by atoms with van der Waals surface area (Å²) in [7, 11) is 1.69. The minimum absolute atomic E-state index is 0.0709. The number of fused-ring (bicyclic) bond motifs is 1. The molecule has 0 saturated carbocycles. The Morgan fingerprint density at radius 3 is 2.68 bits per heavy atom. The van der Waals surface area contributed by atoms with Crippen molar-refractivity contribution in [3.8, 4) is 11.4 Å². The molecule has 8 heteroatoms. The fraction of sp³-hybridized carbons (Fsp3) is 0.200. The third-order valence-corrected chi connectivity index (χ3v) is 5.89. The van der Waals surface area contributed by atoms with Gasteiger partial charge in [-0.25, -0.2) is 0 Å². The molecule has 1 aliphatic heterocycles. The van der Waals surface area contributed by atoms with Crippen LogP contribution >= 0.6 is 34.8 Å². The first-order chi connectivity index (χ1) is 13.5. The summed E-state index contributed by atoms with van der Waals surface area (Å²) in [5, 5.41) is 4.62. The average molecular weight is 437 g/mol. The Morgan fingerprint density at radius 2 is 1.93 bits per heavy atom. The van der Waals surface area contributed by atoms with E-state index >= 15 is 0 Å². The molecule has 5 nitrogen and oxygen atoms in total. The van der Waals surface area contributed by atoms with E-state index in [1.54, 1.807) is 19.2 Å². The lowest BCUT2D eigenvalue weighted by Gasteiger charge is -2.32. The van der Waals surface area contributed by atoms with Crippen molar-refractivity contribution >= 4 is 40.5 Å². The molecular weight excluding hydrogens is 421 g/mol. The second kappa shape index (κ2) is 7.66. The molecule has 2 aromatic carbocycles. The van der Waals surface area contributed by atoms with Crippen LogP contribution in [0, 0.1) is 0 Å². The summed E-state index contributed by atoms with van der Waals surface area (Å²) in [4.78, 5) is 14.5. The van der Waals surface area contributed by atoms with Gasteiger partial charge in [0.25, 0.3) is 5.56 Å². The number of anilines is 1. The summed E-state index contributed by atoms with van der Waals surface area (Å²) in [6, 6.07) is 11.5. The molecule has 0 unspecified atom stereocenters. The smallest absolute Gasteiger partial charge is 0.291 e. The van der Waals surface area contributed by atoms with Gasteiger partial charge in [0.2, 0.25) is 0 Å². The lowest BCUT2D eigenvalue weighted by molar-refractivity contribution is 0.407. The SMILES string of the molecule is COc1cccc2c1CCN(c1ccc(-n3ncc(Cl)c(Cl)c3=O)cc1Cl)C2. The summed E-state index contributed by atoms with van der Waals surface area (Å²) in [6.45, 7) is 1.55. The summed E-state index contributed by atoms with van der Waals surface area (Å²) in [6.07, 6.45) is 2.20. The van der Waals surface area contributed by atoms with E-state index in [1.165, 1.54) is 22.0 Å². The van der Waals surface area contributed by atoms with Crippen LogP contribution in [0.25, 0.3) is 5.69 Å². The fourth-order valence-electron chi connectivity index (χ4n) is 3.45. The maximum absolute atomic E-state index is 12.3. The Kier molecular flexibility index (Phi) is 5.23. The molecule has 0 amide bonds. The largest absolute Gasteiger partial charge is 0.496 e. The van der Waals surface area contributed by atoms with Crippen LogP contribution in [-0.2, 0) is 13.0 Å². The highest BCUT2D eigenvalue weighted by Gasteiger charge is 2.21. The number of nitrogens with zero attached hydrogens (tertiary/aromatic N) is 3. The van der Waals surface area contributed by atoms with Crippen molar-refractivity contribution in [2.45, 2.75) is 13.0 Å². The second-order valence-corrected chi connectivity index (χ2v) is 7.62. The molecular formula is C20H16Cl3N3O2. The molecule has 0 atom stereocenters. The normalized spacial score (nSPS) is 13.4. The van der Waals surface area contributed by atoms with Crippen LogP contribution in [0.3, 0.4) is 0 Å². The Labute approximate surface area is 177 Å². The van der Waals surface area contributed by atoms with Crippen molar-refractivity contribution in [3.63, 3.8) is 0 Å². The fourth-order valence-corrected chi connectivity index (χ4v) is 4.00. The Bertz CT molecular complexity index is 1110. The van der Waals surface area contributed by atoms with E-state index in [0.29, 0.717) is 10.7 Å². The number of hydrogen-bond acceptors (Lipinski definition) is 4. The van der Waals surface area contributed by atoms with Crippen molar-refractivity contribution in [1.82, 2.24) is 9.78 Å². The monoisotopic (exact) mass is 435 g/mol. The van der Waals surface area contributed by atoms with E-state index in [2.05, 4.69) is 16.1 Å². The predicted octanol–water partition coefficient (Wildman–Crippen LogP) is 4.76. The lowest BCUT2D eigenvalue weighted by atomic mass is 9.98. The highest BCUT2D eigenvalue weighted by molar-refractivity contribution is 6.41. The molecule has 3 aromatic rings. The molecule has 144 valence electrons. The zero-order valence-electron chi connectivity index (χ0n) is 15.0. The van der Waals surface area contributed by atoms with Gasteiger partial charge < -0.3 is 9.64 Å². The van der Waals surface area contributed by atoms with Crippen LogP contribution in [0.4, 0.5) is 5.69 Å². The van der Waals surface area contributed by atoms with Crippen LogP contribution < -0.4 is 15.2 Å². The van der Waals surface area contributed by atoms with Crippen molar-refractivity contribution < 1.29 is 4.74 Å². The molecule has 0 N–H and O–H groups in total. The van der Waals surface area contributed by atoms with Crippen LogP contribution in [0.1, 0.15) is 11.1 Å².